The number of benzene rings is 1. The Morgan fingerprint density at radius 1 is 1.50 bits per heavy atom. The monoisotopic (exact) mass is 290 g/mol. The van der Waals surface area contributed by atoms with Gasteiger partial charge in [0.15, 0.2) is 0 Å². The average molecular weight is 290 g/mol. The van der Waals surface area contributed by atoms with E-state index < -0.39 is 0 Å². The number of thioether (sulfide) groups is 1. The molecule has 1 saturated heterocycles. The van der Waals surface area contributed by atoms with Crippen LogP contribution in [0.25, 0.3) is 11.4 Å². The van der Waals surface area contributed by atoms with Crippen LogP contribution in [0.15, 0.2) is 28.8 Å². The van der Waals surface area contributed by atoms with Crippen LogP contribution >= 0.6 is 11.8 Å². The molecule has 20 heavy (non-hydrogen) atoms. The molecule has 0 saturated carbocycles. The summed E-state index contributed by atoms with van der Waals surface area (Å²) in [5.41, 5.74) is 1.23. The summed E-state index contributed by atoms with van der Waals surface area (Å²) in [5, 5.41) is 3.98. The average Bonchev–Trinajstić information content (AvgIpc) is 2.91. The molecule has 3 rings (SSSR count). The third-order valence-electron chi connectivity index (χ3n) is 3.18. The maximum atomic E-state index is 11.5. The highest BCUT2D eigenvalue weighted by Gasteiger charge is 2.21. The Kier molecular flexibility index (Phi) is 3.73. The highest BCUT2D eigenvalue weighted by atomic mass is 32.2. The van der Waals surface area contributed by atoms with E-state index in [4.69, 9.17) is 9.26 Å². The number of esters is 1. The Morgan fingerprint density at radius 2 is 2.35 bits per heavy atom. The number of rotatable bonds is 4. The lowest BCUT2D eigenvalue weighted by atomic mass is 10.1. The number of methoxy groups -OCH3 is 1. The zero-order valence-electron chi connectivity index (χ0n) is 11.0. The van der Waals surface area contributed by atoms with Crippen molar-refractivity contribution in [1.29, 1.82) is 0 Å². The van der Waals surface area contributed by atoms with Crippen LogP contribution in [-0.2, 0) is 11.2 Å². The van der Waals surface area contributed by atoms with E-state index in [1.807, 2.05) is 17.8 Å². The molecular formula is C14H14N2O3S. The van der Waals surface area contributed by atoms with E-state index in [9.17, 15) is 4.79 Å². The van der Waals surface area contributed by atoms with Gasteiger partial charge in [0.2, 0.25) is 11.7 Å². The summed E-state index contributed by atoms with van der Waals surface area (Å²) in [4.78, 5) is 15.9. The molecule has 0 unspecified atom stereocenters. The van der Waals surface area contributed by atoms with Crippen LogP contribution in [0.2, 0.25) is 0 Å². The van der Waals surface area contributed by atoms with E-state index in [2.05, 4.69) is 10.1 Å². The summed E-state index contributed by atoms with van der Waals surface area (Å²) in [6, 6.07) is 7.03. The van der Waals surface area contributed by atoms with E-state index in [0.29, 0.717) is 23.2 Å². The van der Waals surface area contributed by atoms with Crippen LogP contribution in [0, 0.1) is 5.92 Å². The quantitative estimate of drug-likeness (QED) is 0.806. The van der Waals surface area contributed by atoms with E-state index in [-0.39, 0.29) is 5.97 Å². The molecule has 1 fully saturated rings. The molecule has 2 aromatic rings. The van der Waals surface area contributed by atoms with Crippen LogP contribution in [0.4, 0.5) is 0 Å². The zero-order valence-corrected chi connectivity index (χ0v) is 11.9. The van der Waals surface area contributed by atoms with Crippen molar-refractivity contribution in [2.24, 2.45) is 5.92 Å². The molecule has 0 radical (unpaired) electrons. The van der Waals surface area contributed by atoms with Crippen LogP contribution in [0.1, 0.15) is 16.2 Å². The Morgan fingerprint density at radius 3 is 3.05 bits per heavy atom. The third-order valence-corrected chi connectivity index (χ3v) is 4.59. The second kappa shape index (κ2) is 5.66. The SMILES string of the molecule is COC(=O)c1cccc(-c2noc(CC3CSC3)n2)c1. The van der Waals surface area contributed by atoms with Crippen LogP contribution in [0.3, 0.4) is 0 Å². The predicted octanol–water partition coefficient (Wildman–Crippen LogP) is 2.43. The van der Waals surface area contributed by atoms with Crippen molar-refractivity contribution >= 4 is 17.7 Å². The first kappa shape index (κ1) is 13.2. The second-order valence-electron chi connectivity index (χ2n) is 4.69. The van der Waals surface area contributed by atoms with E-state index in [1.165, 1.54) is 7.11 Å². The lowest BCUT2D eigenvalue weighted by Crippen LogP contribution is -2.20. The van der Waals surface area contributed by atoms with Crippen molar-refractivity contribution in [3.8, 4) is 11.4 Å². The van der Waals surface area contributed by atoms with Crippen molar-refractivity contribution in [1.82, 2.24) is 10.1 Å². The second-order valence-corrected chi connectivity index (χ2v) is 5.77. The lowest BCUT2D eigenvalue weighted by molar-refractivity contribution is 0.0601. The van der Waals surface area contributed by atoms with Gasteiger partial charge in [-0.15, -0.1) is 0 Å². The Bertz CT molecular complexity index is 622. The Balaban J connectivity index is 1.79. The number of hydrogen-bond donors (Lipinski definition) is 0. The minimum Gasteiger partial charge on any atom is -0.465 e. The summed E-state index contributed by atoms with van der Waals surface area (Å²) in [6.45, 7) is 0. The molecule has 0 bridgehead atoms. The van der Waals surface area contributed by atoms with Crippen molar-refractivity contribution in [3.05, 3.63) is 35.7 Å². The molecule has 104 valence electrons. The van der Waals surface area contributed by atoms with Gasteiger partial charge in [-0.25, -0.2) is 4.79 Å². The van der Waals surface area contributed by atoms with Crippen LogP contribution < -0.4 is 0 Å². The van der Waals surface area contributed by atoms with Crippen molar-refractivity contribution in [2.75, 3.05) is 18.6 Å². The molecule has 1 aromatic heterocycles. The molecule has 0 spiro atoms. The van der Waals surface area contributed by atoms with E-state index in [1.54, 1.807) is 18.2 Å². The highest BCUT2D eigenvalue weighted by Crippen LogP contribution is 2.28. The molecular weight excluding hydrogens is 276 g/mol. The molecule has 0 amide bonds. The number of carbonyl (C=O) groups is 1. The standard InChI is InChI=1S/C14H14N2O3S/c1-18-14(17)11-4-2-3-10(6-11)13-15-12(19-16-13)5-9-7-20-8-9/h2-4,6,9H,5,7-8H2,1H3. The van der Waals surface area contributed by atoms with Crippen molar-refractivity contribution < 1.29 is 14.1 Å². The first-order valence-corrected chi connectivity index (χ1v) is 7.51. The first-order valence-electron chi connectivity index (χ1n) is 6.35. The van der Waals surface area contributed by atoms with Gasteiger partial charge in [-0.1, -0.05) is 17.3 Å². The largest absolute Gasteiger partial charge is 0.465 e. The summed E-state index contributed by atoms with van der Waals surface area (Å²) < 4.78 is 9.97. The summed E-state index contributed by atoms with van der Waals surface area (Å²) in [5.74, 6) is 3.77. The third kappa shape index (κ3) is 2.70. The fourth-order valence-electron chi connectivity index (χ4n) is 2.01. The van der Waals surface area contributed by atoms with Gasteiger partial charge in [-0.05, 0) is 29.6 Å². The zero-order chi connectivity index (χ0) is 13.9. The fourth-order valence-corrected chi connectivity index (χ4v) is 2.81. The Hall–Kier alpha value is -1.82. The normalized spacial score (nSPS) is 14.8. The van der Waals surface area contributed by atoms with Gasteiger partial charge in [0.1, 0.15) is 0 Å². The highest BCUT2D eigenvalue weighted by molar-refractivity contribution is 8.00. The first-order chi connectivity index (χ1) is 9.76. The number of nitrogens with zero attached hydrogens (tertiary/aromatic N) is 2. The van der Waals surface area contributed by atoms with Gasteiger partial charge in [0.05, 0.1) is 12.7 Å². The molecule has 0 aliphatic carbocycles. The number of ether oxygens (including phenoxy) is 1. The minimum absolute atomic E-state index is 0.373. The summed E-state index contributed by atoms with van der Waals surface area (Å²) in [6.07, 6.45) is 0.830. The Labute approximate surface area is 120 Å². The maximum absolute atomic E-state index is 11.5. The molecule has 1 aliphatic heterocycles. The van der Waals surface area contributed by atoms with Gasteiger partial charge in [-0.2, -0.15) is 16.7 Å². The molecule has 1 aromatic carbocycles. The van der Waals surface area contributed by atoms with Gasteiger partial charge in [0, 0.05) is 12.0 Å². The molecule has 1 aliphatic rings. The number of aromatic nitrogens is 2. The van der Waals surface area contributed by atoms with E-state index in [0.717, 1.165) is 23.5 Å². The number of hydrogen-bond acceptors (Lipinski definition) is 6. The fraction of sp³-hybridized carbons (Fsp3) is 0.357. The number of carbonyl (C=O) groups excluding carboxylic acids is 1. The summed E-state index contributed by atoms with van der Waals surface area (Å²) >= 11 is 1.93. The molecule has 6 heteroatoms. The van der Waals surface area contributed by atoms with Gasteiger partial charge in [-0.3, -0.25) is 0 Å². The van der Waals surface area contributed by atoms with Gasteiger partial charge in [0.25, 0.3) is 0 Å². The van der Waals surface area contributed by atoms with Crippen molar-refractivity contribution in [3.63, 3.8) is 0 Å². The van der Waals surface area contributed by atoms with Crippen LogP contribution in [-0.4, -0.2) is 34.7 Å². The summed E-state index contributed by atoms with van der Waals surface area (Å²) in [7, 11) is 1.36. The van der Waals surface area contributed by atoms with Gasteiger partial charge >= 0.3 is 5.97 Å². The minimum atomic E-state index is -0.373. The molecule has 0 atom stereocenters. The molecule has 0 N–H and O–H groups in total. The maximum Gasteiger partial charge on any atom is 0.337 e. The molecule has 5 nitrogen and oxygen atoms in total. The van der Waals surface area contributed by atoms with Crippen molar-refractivity contribution in [2.45, 2.75) is 6.42 Å². The van der Waals surface area contributed by atoms with E-state index >= 15 is 0 Å². The predicted molar refractivity (Wildman–Crippen MR) is 75.6 cm³/mol. The topological polar surface area (TPSA) is 65.2 Å². The van der Waals surface area contributed by atoms with Crippen LogP contribution in [0.5, 0.6) is 0 Å². The molecule has 2 heterocycles. The lowest BCUT2D eigenvalue weighted by Gasteiger charge is -2.22. The smallest absolute Gasteiger partial charge is 0.337 e. The van der Waals surface area contributed by atoms with Gasteiger partial charge < -0.3 is 9.26 Å².